The first-order valence-electron chi connectivity index (χ1n) is 7.51. The Bertz CT molecular complexity index is 463. The molecule has 21 heavy (non-hydrogen) atoms. The molecule has 0 aromatic carbocycles. The Morgan fingerprint density at radius 3 is 2.86 bits per heavy atom. The Kier molecular flexibility index (Phi) is 5.69. The van der Waals surface area contributed by atoms with Crippen molar-refractivity contribution < 1.29 is 19.2 Å². The molecule has 0 aliphatic carbocycles. The van der Waals surface area contributed by atoms with Crippen LogP contribution in [-0.2, 0) is 22.5 Å². The number of ether oxygens (including phenoxy) is 1. The van der Waals surface area contributed by atoms with Crippen LogP contribution in [0.25, 0.3) is 0 Å². The third-order valence-corrected chi connectivity index (χ3v) is 3.67. The Balaban J connectivity index is 2.05. The molecule has 1 aromatic rings. The van der Waals surface area contributed by atoms with Crippen molar-refractivity contribution in [3.63, 3.8) is 0 Å². The Hall–Kier alpha value is -1.47. The van der Waals surface area contributed by atoms with Gasteiger partial charge in [0.1, 0.15) is 0 Å². The highest BCUT2D eigenvalue weighted by Gasteiger charge is 2.38. The highest BCUT2D eigenvalue weighted by atomic mass is 16.5. The van der Waals surface area contributed by atoms with E-state index in [9.17, 15) is 9.90 Å². The van der Waals surface area contributed by atoms with Crippen LogP contribution < -0.4 is 0 Å². The van der Waals surface area contributed by atoms with Gasteiger partial charge in [-0.3, -0.25) is 9.69 Å². The Morgan fingerprint density at radius 2 is 2.19 bits per heavy atom. The average molecular weight is 297 g/mol. The van der Waals surface area contributed by atoms with Crippen LogP contribution in [0.4, 0.5) is 0 Å². The predicted octanol–water partition coefficient (Wildman–Crippen LogP) is 1.33. The molecular formula is C14H23N3O4. The van der Waals surface area contributed by atoms with E-state index in [-0.39, 0.29) is 12.6 Å². The number of rotatable bonds is 8. The maximum atomic E-state index is 11.3. The van der Waals surface area contributed by atoms with Crippen molar-refractivity contribution in [2.24, 2.45) is 5.92 Å². The molecule has 2 unspecified atom stereocenters. The standard InChI is InChI=1S/C14H23N3O4/c1-3-5-12-15-13(21-16-12)7-17(6-4-2)11-9-20-8-10(11)14(18)19/h10-11H,3-9H2,1-2H3,(H,18,19). The monoisotopic (exact) mass is 297 g/mol. The lowest BCUT2D eigenvalue weighted by atomic mass is 10.0. The van der Waals surface area contributed by atoms with Crippen LogP contribution in [0, 0.1) is 5.92 Å². The van der Waals surface area contributed by atoms with E-state index in [1.807, 2.05) is 0 Å². The van der Waals surface area contributed by atoms with Crippen LogP contribution in [-0.4, -0.2) is 51.9 Å². The van der Waals surface area contributed by atoms with Gasteiger partial charge < -0.3 is 14.4 Å². The number of hydrogen-bond donors (Lipinski definition) is 1. The number of aliphatic carboxylic acids is 1. The topological polar surface area (TPSA) is 88.7 Å². The summed E-state index contributed by atoms with van der Waals surface area (Å²) in [6.45, 7) is 6.09. The zero-order valence-electron chi connectivity index (χ0n) is 12.6. The molecule has 0 bridgehead atoms. The summed E-state index contributed by atoms with van der Waals surface area (Å²) >= 11 is 0. The van der Waals surface area contributed by atoms with Crippen LogP contribution in [0.15, 0.2) is 4.52 Å². The van der Waals surface area contributed by atoms with Crippen molar-refractivity contribution >= 4 is 5.97 Å². The molecule has 0 amide bonds. The van der Waals surface area contributed by atoms with Crippen molar-refractivity contribution in [2.45, 2.75) is 45.7 Å². The third-order valence-electron chi connectivity index (χ3n) is 3.67. The predicted molar refractivity (Wildman–Crippen MR) is 74.7 cm³/mol. The van der Waals surface area contributed by atoms with Gasteiger partial charge in [-0.2, -0.15) is 4.98 Å². The summed E-state index contributed by atoms with van der Waals surface area (Å²) in [5.41, 5.74) is 0. The highest BCUT2D eigenvalue weighted by Crippen LogP contribution is 2.22. The number of hydrogen-bond acceptors (Lipinski definition) is 6. The number of carboxylic acids is 1. The lowest BCUT2D eigenvalue weighted by Gasteiger charge is -2.28. The SMILES string of the molecule is CCCc1noc(CN(CCC)C2COCC2C(=O)O)n1. The number of aromatic nitrogens is 2. The minimum atomic E-state index is -0.809. The molecule has 1 aliphatic rings. The van der Waals surface area contributed by atoms with Crippen molar-refractivity contribution in [1.82, 2.24) is 15.0 Å². The Morgan fingerprint density at radius 1 is 1.38 bits per heavy atom. The zero-order chi connectivity index (χ0) is 15.2. The van der Waals surface area contributed by atoms with Crippen LogP contribution in [0.1, 0.15) is 38.4 Å². The van der Waals surface area contributed by atoms with E-state index in [4.69, 9.17) is 9.26 Å². The number of carbonyl (C=O) groups is 1. The first-order chi connectivity index (χ1) is 10.2. The second-order valence-electron chi connectivity index (χ2n) is 5.37. The molecule has 1 saturated heterocycles. The summed E-state index contributed by atoms with van der Waals surface area (Å²) in [6.07, 6.45) is 2.69. The summed E-state index contributed by atoms with van der Waals surface area (Å²) in [6, 6.07) is -0.135. The fourth-order valence-electron chi connectivity index (χ4n) is 2.64. The van der Waals surface area contributed by atoms with Crippen molar-refractivity contribution in [3.8, 4) is 0 Å². The van der Waals surface area contributed by atoms with E-state index in [2.05, 4.69) is 28.9 Å². The van der Waals surface area contributed by atoms with Gasteiger partial charge in [0.15, 0.2) is 5.82 Å². The highest BCUT2D eigenvalue weighted by molar-refractivity contribution is 5.71. The van der Waals surface area contributed by atoms with Gasteiger partial charge in [-0.05, 0) is 19.4 Å². The van der Waals surface area contributed by atoms with E-state index in [0.29, 0.717) is 24.9 Å². The van der Waals surface area contributed by atoms with Crippen LogP contribution in [0.5, 0.6) is 0 Å². The molecule has 118 valence electrons. The second kappa shape index (κ2) is 7.51. The van der Waals surface area contributed by atoms with E-state index < -0.39 is 11.9 Å². The largest absolute Gasteiger partial charge is 0.481 e. The van der Waals surface area contributed by atoms with E-state index in [1.54, 1.807) is 0 Å². The van der Waals surface area contributed by atoms with Crippen LogP contribution in [0.2, 0.25) is 0 Å². The van der Waals surface area contributed by atoms with E-state index in [1.165, 1.54) is 0 Å². The first kappa shape index (κ1) is 15.9. The summed E-state index contributed by atoms with van der Waals surface area (Å²) in [5, 5.41) is 13.2. The molecule has 2 rings (SSSR count). The minimum Gasteiger partial charge on any atom is -0.481 e. The lowest BCUT2D eigenvalue weighted by molar-refractivity contribution is -0.143. The first-order valence-corrected chi connectivity index (χ1v) is 7.51. The summed E-state index contributed by atoms with van der Waals surface area (Å²) in [7, 11) is 0. The van der Waals surface area contributed by atoms with Gasteiger partial charge in [-0.25, -0.2) is 0 Å². The molecule has 1 aromatic heterocycles. The zero-order valence-corrected chi connectivity index (χ0v) is 12.6. The molecule has 2 heterocycles. The van der Waals surface area contributed by atoms with Gasteiger partial charge in [-0.15, -0.1) is 0 Å². The van der Waals surface area contributed by atoms with Gasteiger partial charge in [0.05, 0.1) is 25.7 Å². The average Bonchev–Trinajstić information content (AvgIpc) is 3.07. The number of carboxylic acid groups (broad SMARTS) is 1. The fraction of sp³-hybridized carbons (Fsp3) is 0.786. The molecule has 7 heteroatoms. The van der Waals surface area contributed by atoms with Crippen LogP contribution in [0.3, 0.4) is 0 Å². The van der Waals surface area contributed by atoms with E-state index in [0.717, 1.165) is 25.8 Å². The van der Waals surface area contributed by atoms with Gasteiger partial charge >= 0.3 is 5.97 Å². The maximum absolute atomic E-state index is 11.3. The molecule has 1 fully saturated rings. The van der Waals surface area contributed by atoms with Gasteiger partial charge in [0, 0.05) is 12.5 Å². The molecule has 0 radical (unpaired) electrons. The molecule has 1 N–H and O–H groups in total. The quantitative estimate of drug-likeness (QED) is 0.774. The molecule has 0 spiro atoms. The van der Waals surface area contributed by atoms with Gasteiger partial charge in [0.25, 0.3) is 0 Å². The van der Waals surface area contributed by atoms with E-state index >= 15 is 0 Å². The molecule has 0 saturated carbocycles. The van der Waals surface area contributed by atoms with Crippen LogP contribution >= 0.6 is 0 Å². The second-order valence-corrected chi connectivity index (χ2v) is 5.37. The maximum Gasteiger partial charge on any atom is 0.310 e. The number of aryl methyl sites for hydroxylation is 1. The molecule has 2 atom stereocenters. The summed E-state index contributed by atoms with van der Waals surface area (Å²) in [5.74, 6) is -0.0465. The smallest absolute Gasteiger partial charge is 0.310 e. The van der Waals surface area contributed by atoms with Crippen molar-refractivity contribution in [2.75, 3.05) is 19.8 Å². The lowest BCUT2D eigenvalue weighted by Crippen LogP contribution is -2.43. The third kappa shape index (κ3) is 4.01. The van der Waals surface area contributed by atoms with Gasteiger partial charge in [0.2, 0.25) is 5.89 Å². The minimum absolute atomic E-state index is 0.135. The number of nitrogens with zero attached hydrogens (tertiary/aromatic N) is 3. The Labute approximate surface area is 124 Å². The van der Waals surface area contributed by atoms with Gasteiger partial charge in [-0.1, -0.05) is 19.0 Å². The van der Waals surface area contributed by atoms with Crippen molar-refractivity contribution in [1.29, 1.82) is 0 Å². The fourth-order valence-corrected chi connectivity index (χ4v) is 2.64. The normalized spacial score (nSPS) is 22.0. The molecule has 1 aliphatic heterocycles. The van der Waals surface area contributed by atoms with Crippen molar-refractivity contribution in [3.05, 3.63) is 11.7 Å². The molecule has 7 nitrogen and oxygen atoms in total. The summed E-state index contributed by atoms with van der Waals surface area (Å²) in [4.78, 5) is 17.7. The molecular weight excluding hydrogens is 274 g/mol. The summed E-state index contributed by atoms with van der Waals surface area (Å²) < 4.78 is 10.6.